The highest BCUT2D eigenvalue weighted by Gasteiger charge is 2.36. The van der Waals surface area contributed by atoms with Gasteiger partial charge in [-0.2, -0.15) is 5.26 Å². The lowest BCUT2D eigenvalue weighted by Crippen LogP contribution is -2.26. The predicted molar refractivity (Wildman–Crippen MR) is 109 cm³/mol. The molecule has 0 aliphatic carbocycles. The van der Waals surface area contributed by atoms with Crippen LogP contribution in [0.4, 0.5) is 4.39 Å². The van der Waals surface area contributed by atoms with E-state index in [0.29, 0.717) is 22.1 Å². The maximum atomic E-state index is 15.3. The monoisotopic (exact) mass is 412 g/mol. The number of halogens is 1. The molecule has 31 heavy (non-hydrogen) atoms. The SMILES string of the molecule is N#CC1=C(N)Oc2c(c(=O)oc3ccccc23)C1c1ccc(-c2cncnc2)cc1F. The Hall–Kier alpha value is -4.51. The van der Waals surface area contributed by atoms with Crippen LogP contribution in [0.3, 0.4) is 0 Å². The smallest absolute Gasteiger partial charge is 0.344 e. The Morgan fingerprint density at radius 1 is 1.10 bits per heavy atom. The summed E-state index contributed by atoms with van der Waals surface area (Å²) in [7, 11) is 0. The van der Waals surface area contributed by atoms with Gasteiger partial charge in [0.1, 0.15) is 29.4 Å². The molecule has 0 saturated heterocycles. The second-order valence-electron chi connectivity index (χ2n) is 6.92. The van der Waals surface area contributed by atoms with Gasteiger partial charge in [0.05, 0.1) is 16.9 Å². The summed E-state index contributed by atoms with van der Waals surface area (Å²) in [5.41, 5.74) is 6.83. The van der Waals surface area contributed by atoms with E-state index in [4.69, 9.17) is 14.9 Å². The van der Waals surface area contributed by atoms with Gasteiger partial charge in [-0.1, -0.05) is 24.3 Å². The van der Waals surface area contributed by atoms with Crippen LogP contribution in [0.5, 0.6) is 5.75 Å². The summed E-state index contributed by atoms with van der Waals surface area (Å²) in [6, 6.07) is 13.2. The van der Waals surface area contributed by atoms with Gasteiger partial charge in [0.2, 0.25) is 5.88 Å². The Morgan fingerprint density at radius 2 is 1.87 bits per heavy atom. The van der Waals surface area contributed by atoms with Crippen LogP contribution >= 0.6 is 0 Å². The lowest BCUT2D eigenvalue weighted by Gasteiger charge is -2.26. The average Bonchev–Trinajstić information content (AvgIpc) is 2.79. The molecule has 1 unspecified atom stereocenters. The Labute approximate surface area is 174 Å². The van der Waals surface area contributed by atoms with Gasteiger partial charge >= 0.3 is 5.63 Å². The number of nitrogens with zero attached hydrogens (tertiary/aromatic N) is 3. The van der Waals surface area contributed by atoms with E-state index in [1.807, 2.05) is 6.07 Å². The molecular weight excluding hydrogens is 399 g/mol. The summed E-state index contributed by atoms with van der Waals surface area (Å²) in [6.45, 7) is 0. The second-order valence-corrected chi connectivity index (χ2v) is 6.92. The zero-order chi connectivity index (χ0) is 21.5. The van der Waals surface area contributed by atoms with Gasteiger partial charge in [-0.3, -0.25) is 0 Å². The van der Waals surface area contributed by atoms with Gasteiger partial charge in [-0.15, -0.1) is 0 Å². The van der Waals surface area contributed by atoms with Crippen LogP contribution in [0.2, 0.25) is 0 Å². The van der Waals surface area contributed by atoms with E-state index in [1.165, 1.54) is 18.5 Å². The number of aromatic nitrogens is 2. The minimum atomic E-state index is -1.07. The number of nitriles is 1. The van der Waals surface area contributed by atoms with Crippen LogP contribution in [0.15, 0.2) is 81.9 Å². The fourth-order valence-electron chi connectivity index (χ4n) is 3.77. The van der Waals surface area contributed by atoms with Crippen LogP contribution in [-0.2, 0) is 0 Å². The number of benzene rings is 2. The molecule has 0 radical (unpaired) electrons. The van der Waals surface area contributed by atoms with Crippen molar-refractivity contribution in [3.8, 4) is 22.9 Å². The molecular formula is C23H13FN4O3. The number of allylic oxidation sites excluding steroid dienone is 1. The van der Waals surface area contributed by atoms with Crippen molar-refractivity contribution in [1.29, 1.82) is 5.26 Å². The van der Waals surface area contributed by atoms with E-state index < -0.39 is 17.4 Å². The van der Waals surface area contributed by atoms with Gasteiger partial charge in [-0.25, -0.2) is 19.2 Å². The number of para-hydroxylation sites is 1. The second kappa shape index (κ2) is 7.07. The first-order valence-electron chi connectivity index (χ1n) is 9.26. The number of hydrogen-bond donors (Lipinski definition) is 1. The first kappa shape index (κ1) is 18.5. The van der Waals surface area contributed by atoms with Gasteiger partial charge in [0.15, 0.2) is 5.75 Å². The number of hydrogen-bond acceptors (Lipinski definition) is 7. The molecule has 8 heteroatoms. The molecule has 7 nitrogen and oxygen atoms in total. The molecule has 3 heterocycles. The molecule has 0 fully saturated rings. The molecule has 0 bridgehead atoms. The van der Waals surface area contributed by atoms with Crippen LogP contribution in [0.25, 0.3) is 22.1 Å². The quantitative estimate of drug-likeness (QED) is 0.500. The van der Waals surface area contributed by atoms with Crippen LogP contribution < -0.4 is 16.1 Å². The normalized spacial score (nSPS) is 15.3. The zero-order valence-corrected chi connectivity index (χ0v) is 15.9. The van der Waals surface area contributed by atoms with Crippen LogP contribution in [-0.4, -0.2) is 9.97 Å². The molecule has 1 aliphatic heterocycles. The molecule has 1 atom stereocenters. The van der Waals surface area contributed by atoms with Crippen molar-refractivity contribution in [3.05, 3.63) is 100 Å². The van der Waals surface area contributed by atoms with E-state index in [0.717, 1.165) is 0 Å². The van der Waals surface area contributed by atoms with Crippen molar-refractivity contribution < 1.29 is 13.5 Å². The number of nitrogens with two attached hydrogens (primary N) is 1. The van der Waals surface area contributed by atoms with Gasteiger partial charge < -0.3 is 14.9 Å². The Bertz CT molecular complexity index is 1470. The first-order valence-corrected chi connectivity index (χ1v) is 9.26. The number of fused-ring (bicyclic) bond motifs is 3. The summed E-state index contributed by atoms with van der Waals surface area (Å²) in [5.74, 6) is -1.72. The molecule has 2 aromatic carbocycles. The maximum Gasteiger partial charge on any atom is 0.344 e. The molecule has 150 valence electrons. The molecule has 5 rings (SSSR count). The molecule has 2 aromatic heterocycles. The highest BCUT2D eigenvalue weighted by atomic mass is 19.1. The van der Waals surface area contributed by atoms with Crippen LogP contribution in [0, 0.1) is 17.1 Å². The third-order valence-electron chi connectivity index (χ3n) is 5.18. The minimum absolute atomic E-state index is 0.0270. The summed E-state index contributed by atoms with van der Waals surface area (Å²) in [4.78, 5) is 20.7. The van der Waals surface area contributed by atoms with E-state index in [1.54, 1.807) is 42.7 Å². The van der Waals surface area contributed by atoms with Crippen molar-refractivity contribution >= 4 is 11.0 Å². The molecule has 2 N–H and O–H groups in total. The third-order valence-corrected chi connectivity index (χ3v) is 5.18. The lowest BCUT2D eigenvalue weighted by molar-refractivity contribution is 0.387. The topological polar surface area (TPSA) is 115 Å². The van der Waals surface area contributed by atoms with Crippen molar-refractivity contribution in [3.63, 3.8) is 0 Å². The van der Waals surface area contributed by atoms with Crippen molar-refractivity contribution in [2.45, 2.75) is 5.92 Å². The predicted octanol–water partition coefficient (Wildman–Crippen LogP) is 3.61. The Kier molecular flexibility index (Phi) is 4.22. The lowest BCUT2D eigenvalue weighted by atomic mass is 9.83. The summed E-state index contributed by atoms with van der Waals surface area (Å²) in [5, 5.41) is 10.2. The molecule has 1 aliphatic rings. The average molecular weight is 412 g/mol. The number of rotatable bonds is 2. The third kappa shape index (κ3) is 2.91. The summed E-state index contributed by atoms with van der Waals surface area (Å²) >= 11 is 0. The Balaban J connectivity index is 1.75. The van der Waals surface area contributed by atoms with Crippen LogP contribution in [0.1, 0.15) is 17.0 Å². The highest BCUT2D eigenvalue weighted by molar-refractivity contribution is 5.86. The van der Waals surface area contributed by atoms with Gasteiger partial charge in [0, 0.05) is 23.5 Å². The first-order chi connectivity index (χ1) is 15.1. The molecule has 0 spiro atoms. The summed E-state index contributed by atoms with van der Waals surface area (Å²) < 4.78 is 26.4. The molecule has 4 aromatic rings. The maximum absolute atomic E-state index is 15.3. The number of ether oxygens (including phenoxy) is 1. The van der Waals surface area contributed by atoms with Gasteiger partial charge in [-0.05, 0) is 23.8 Å². The van der Waals surface area contributed by atoms with Crippen molar-refractivity contribution in [2.75, 3.05) is 0 Å². The van der Waals surface area contributed by atoms with Crippen molar-refractivity contribution in [2.24, 2.45) is 5.73 Å². The van der Waals surface area contributed by atoms with E-state index in [2.05, 4.69) is 9.97 Å². The fraction of sp³-hybridized carbons (Fsp3) is 0.0435. The minimum Gasteiger partial charge on any atom is -0.439 e. The Morgan fingerprint density at radius 3 is 2.61 bits per heavy atom. The largest absolute Gasteiger partial charge is 0.439 e. The van der Waals surface area contributed by atoms with E-state index in [-0.39, 0.29) is 28.3 Å². The highest BCUT2D eigenvalue weighted by Crippen LogP contribution is 2.44. The fourth-order valence-corrected chi connectivity index (χ4v) is 3.77. The van der Waals surface area contributed by atoms with E-state index >= 15 is 4.39 Å². The summed E-state index contributed by atoms with van der Waals surface area (Å²) in [6.07, 6.45) is 4.50. The van der Waals surface area contributed by atoms with E-state index in [9.17, 15) is 10.1 Å². The van der Waals surface area contributed by atoms with Gasteiger partial charge in [0.25, 0.3) is 0 Å². The zero-order valence-electron chi connectivity index (χ0n) is 15.9. The standard InChI is InChI=1S/C23H13FN4O3/c24-17-7-12(13-9-27-11-28-10-13)5-6-14(17)19-16(8-25)22(26)31-21-15-3-1-2-4-18(15)30-23(29)20(19)21/h1-7,9-11,19H,26H2. The van der Waals surface area contributed by atoms with Crippen molar-refractivity contribution in [1.82, 2.24) is 9.97 Å². The molecule has 0 saturated carbocycles. The molecule has 0 amide bonds.